The third-order valence-electron chi connectivity index (χ3n) is 3.58. The van der Waals surface area contributed by atoms with Gasteiger partial charge >= 0.3 is 5.97 Å². The Morgan fingerprint density at radius 3 is 2.44 bits per heavy atom. The van der Waals surface area contributed by atoms with Gasteiger partial charge in [0.15, 0.2) is 0 Å². The lowest BCUT2D eigenvalue weighted by atomic mass is 10.2. The lowest BCUT2D eigenvalue weighted by Crippen LogP contribution is -2.36. The van der Waals surface area contributed by atoms with Crippen molar-refractivity contribution in [2.24, 2.45) is 0 Å². The van der Waals surface area contributed by atoms with Crippen molar-refractivity contribution in [2.75, 3.05) is 13.2 Å². The molecule has 0 fully saturated rings. The summed E-state index contributed by atoms with van der Waals surface area (Å²) in [5.41, 5.74) is 0.950. The van der Waals surface area contributed by atoms with Crippen molar-refractivity contribution in [1.29, 1.82) is 0 Å². The zero-order valence-electron chi connectivity index (χ0n) is 14.1. The Hall–Kier alpha value is -2.25. The minimum absolute atomic E-state index is 0.0123. The van der Waals surface area contributed by atoms with E-state index in [-0.39, 0.29) is 23.6 Å². The zero-order valence-corrected chi connectivity index (χ0v) is 14.9. The second-order valence-corrected chi connectivity index (χ2v) is 7.41. The van der Waals surface area contributed by atoms with Crippen LogP contribution in [0.1, 0.15) is 18.1 Å². The summed E-state index contributed by atoms with van der Waals surface area (Å²) in [7, 11) is -3.99. The van der Waals surface area contributed by atoms with Gasteiger partial charge < -0.3 is 4.74 Å². The largest absolute Gasteiger partial charge is 0.465 e. The van der Waals surface area contributed by atoms with E-state index >= 15 is 0 Å². The number of aryl methyl sites for hydroxylation is 1. The van der Waals surface area contributed by atoms with Crippen LogP contribution in [0.5, 0.6) is 0 Å². The number of rotatable bonds is 7. The van der Waals surface area contributed by atoms with E-state index in [2.05, 4.69) is 0 Å². The molecule has 0 N–H and O–H groups in total. The Balaban J connectivity index is 2.37. The number of halogens is 1. The van der Waals surface area contributed by atoms with Crippen LogP contribution >= 0.6 is 0 Å². The highest BCUT2D eigenvalue weighted by molar-refractivity contribution is 7.89. The highest BCUT2D eigenvalue weighted by Crippen LogP contribution is 2.21. The number of hydrogen-bond donors (Lipinski definition) is 0. The molecule has 134 valence electrons. The Kier molecular flexibility index (Phi) is 6.27. The molecule has 0 bridgehead atoms. The average molecular weight is 365 g/mol. The first-order valence-corrected chi connectivity index (χ1v) is 9.24. The highest BCUT2D eigenvalue weighted by Gasteiger charge is 2.27. The summed E-state index contributed by atoms with van der Waals surface area (Å²) in [5, 5.41) is 0. The lowest BCUT2D eigenvalue weighted by molar-refractivity contribution is -0.143. The summed E-state index contributed by atoms with van der Waals surface area (Å²) in [4.78, 5) is 11.8. The van der Waals surface area contributed by atoms with Gasteiger partial charge in [0.2, 0.25) is 10.0 Å². The van der Waals surface area contributed by atoms with Crippen molar-refractivity contribution in [3.8, 4) is 0 Å². The number of carbonyl (C=O) groups is 1. The first kappa shape index (κ1) is 19.1. The summed E-state index contributed by atoms with van der Waals surface area (Å²) >= 11 is 0. The molecular formula is C18H20FNO4S. The molecule has 2 aromatic rings. The van der Waals surface area contributed by atoms with Crippen LogP contribution < -0.4 is 0 Å². The predicted molar refractivity (Wildman–Crippen MR) is 91.8 cm³/mol. The van der Waals surface area contributed by atoms with E-state index in [1.165, 1.54) is 19.1 Å². The maximum atomic E-state index is 13.5. The van der Waals surface area contributed by atoms with Gasteiger partial charge in [0.05, 0.1) is 11.5 Å². The van der Waals surface area contributed by atoms with E-state index < -0.39 is 28.4 Å². The molecule has 0 aromatic heterocycles. The van der Waals surface area contributed by atoms with Crippen LogP contribution in [0.3, 0.4) is 0 Å². The Morgan fingerprint density at radius 2 is 1.84 bits per heavy atom. The first-order chi connectivity index (χ1) is 11.8. The summed E-state index contributed by atoms with van der Waals surface area (Å²) < 4.78 is 45.2. The van der Waals surface area contributed by atoms with Gasteiger partial charge in [0.25, 0.3) is 0 Å². The molecule has 0 saturated heterocycles. The number of ether oxygens (including phenoxy) is 1. The molecule has 0 aliphatic heterocycles. The van der Waals surface area contributed by atoms with Gasteiger partial charge in [-0.05, 0) is 43.2 Å². The SMILES string of the molecule is CCOC(=O)CN(Cc1ccccc1)S(=O)(=O)c1ccc(F)c(C)c1. The number of nitrogens with zero attached hydrogens (tertiary/aromatic N) is 1. The monoisotopic (exact) mass is 365 g/mol. The standard InChI is InChI=1S/C18H20FNO4S/c1-3-24-18(21)13-20(12-15-7-5-4-6-8-15)25(22,23)16-9-10-17(19)14(2)11-16/h4-11H,3,12-13H2,1-2H3. The minimum Gasteiger partial charge on any atom is -0.465 e. The van der Waals surface area contributed by atoms with Crippen LogP contribution in [0.15, 0.2) is 53.4 Å². The molecular weight excluding hydrogens is 345 g/mol. The molecule has 7 heteroatoms. The van der Waals surface area contributed by atoms with E-state index in [0.717, 1.165) is 15.9 Å². The van der Waals surface area contributed by atoms with E-state index in [4.69, 9.17) is 4.74 Å². The molecule has 0 spiro atoms. The Labute approximate surface area is 147 Å². The quantitative estimate of drug-likeness (QED) is 0.708. The van der Waals surface area contributed by atoms with Crippen molar-refractivity contribution < 1.29 is 22.3 Å². The molecule has 5 nitrogen and oxygen atoms in total. The van der Waals surface area contributed by atoms with Crippen LogP contribution in [0.25, 0.3) is 0 Å². The third kappa shape index (κ3) is 4.87. The second-order valence-electron chi connectivity index (χ2n) is 5.47. The summed E-state index contributed by atoms with van der Waals surface area (Å²) in [6, 6.07) is 12.5. The molecule has 2 rings (SSSR count). The van der Waals surface area contributed by atoms with Gasteiger partial charge in [-0.15, -0.1) is 0 Å². The van der Waals surface area contributed by atoms with Crippen LogP contribution in [-0.4, -0.2) is 31.8 Å². The fourth-order valence-corrected chi connectivity index (χ4v) is 3.75. The number of benzene rings is 2. The molecule has 0 aliphatic carbocycles. The first-order valence-electron chi connectivity index (χ1n) is 7.80. The molecule has 0 unspecified atom stereocenters. The lowest BCUT2D eigenvalue weighted by Gasteiger charge is -2.21. The highest BCUT2D eigenvalue weighted by atomic mass is 32.2. The number of esters is 1. The Morgan fingerprint density at radius 1 is 1.16 bits per heavy atom. The van der Waals surface area contributed by atoms with Crippen LogP contribution in [-0.2, 0) is 26.1 Å². The molecule has 0 heterocycles. The van der Waals surface area contributed by atoms with Gasteiger partial charge in [0, 0.05) is 6.54 Å². The molecule has 0 saturated carbocycles. The third-order valence-corrected chi connectivity index (χ3v) is 5.37. The van der Waals surface area contributed by atoms with Gasteiger partial charge in [-0.1, -0.05) is 30.3 Å². The van der Waals surface area contributed by atoms with Crippen molar-refractivity contribution >= 4 is 16.0 Å². The molecule has 0 amide bonds. The molecule has 0 aliphatic rings. The number of carbonyl (C=O) groups excluding carboxylic acids is 1. The van der Waals surface area contributed by atoms with Gasteiger partial charge in [0.1, 0.15) is 12.4 Å². The summed E-state index contributed by atoms with van der Waals surface area (Å²) in [6.07, 6.45) is 0. The fraction of sp³-hybridized carbons (Fsp3) is 0.278. The zero-order chi connectivity index (χ0) is 18.4. The van der Waals surface area contributed by atoms with Crippen molar-refractivity contribution in [3.05, 3.63) is 65.5 Å². The average Bonchev–Trinajstić information content (AvgIpc) is 2.58. The van der Waals surface area contributed by atoms with Crippen LogP contribution in [0, 0.1) is 12.7 Å². The minimum atomic E-state index is -3.99. The fourth-order valence-electron chi connectivity index (χ4n) is 2.29. The molecule has 0 radical (unpaired) electrons. The molecule has 25 heavy (non-hydrogen) atoms. The van der Waals surface area contributed by atoms with Crippen LogP contribution in [0.4, 0.5) is 4.39 Å². The van der Waals surface area contributed by atoms with E-state index in [9.17, 15) is 17.6 Å². The van der Waals surface area contributed by atoms with Gasteiger partial charge in [-0.3, -0.25) is 4.79 Å². The maximum absolute atomic E-state index is 13.5. The predicted octanol–water partition coefficient (Wildman–Crippen LogP) is 2.89. The van der Waals surface area contributed by atoms with Gasteiger partial charge in [-0.25, -0.2) is 12.8 Å². The molecule has 2 aromatic carbocycles. The normalized spacial score (nSPS) is 11.5. The Bertz CT molecular complexity index is 837. The van der Waals surface area contributed by atoms with E-state index in [1.54, 1.807) is 31.2 Å². The number of hydrogen-bond acceptors (Lipinski definition) is 4. The van der Waals surface area contributed by atoms with Gasteiger partial charge in [-0.2, -0.15) is 4.31 Å². The second kappa shape index (κ2) is 8.22. The smallest absolute Gasteiger partial charge is 0.321 e. The maximum Gasteiger partial charge on any atom is 0.321 e. The van der Waals surface area contributed by atoms with E-state index in [0.29, 0.717) is 0 Å². The van der Waals surface area contributed by atoms with Crippen molar-refractivity contribution in [2.45, 2.75) is 25.3 Å². The summed E-state index contributed by atoms with van der Waals surface area (Å²) in [5.74, 6) is -1.13. The number of sulfonamides is 1. The topological polar surface area (TPSA) is 63.7 Å². The summed E-state index contributed by atoms with van der Waals surface area (Å²) in [6.45, 7) is 2.89. The van der Waals surface area contributed by atoms with E-state index in [1.807, 2.05) is 6.07 Å². The molecule has 0 atom stereocenters. The van der Waals surface area contributed by atoms with Crippen molar-refractivity contribution in [3.63, 3.8) is 0 Å². The van der Waals surface area contributed by atoms with Crippen LogP contribution in [0.2, 0.25) is 0 Å². The van der Waals surface area contributed by atoms with Crippen molar-refractivity contribution in [1.82, 2.24) is 4.31 Å².